The number of nitrogens with two attached hydrogens (primary N) is 1. The Morgan fingerprint density at radius 3 is 2.82 bits per heavy atom. The number of nitrogens with zero attached hydrogens (tertiary/aromatic N) is 1. The summed E-state index contributed by atoms with van der Waals surface area (Å²) in [5.41, 5.74) is 0.568. The van der Waals surface area contributed by atoms with Gasteiger partial charge in [-0.1, -0.05) is 6.92 Å². The minimum absolute atomic E-state index is 0.568. The number of nitrogens with one attached hydrogen (secondary N) is 1. The molecule has 1 aliphatic carbocycles. The summed E-state index contributed by atoms with van der Waals surface area (Å²) in [5.74, 6) is 5.74. The van der Waals surface area contributed by atoms with Gasteiger partial charge in [-0.2, -0.15) is 0 Å². The average Bonchev–Trinajstić information content (AvgIpc) is 2.70. The fraction of sp³-hybridized carbons (Fsp3) is 1.00. The van der Waals surface area contributed by atoms with Gasteiger partial charge in [-0.05, 0) is 18.3 Å². The van der Waals surface area contributed by atoms with Crippen LogP contribution in [-0.4, -0.2) is 30.7 Å². The van der Waals surface area contributed by atoms with E-state index in [-0.39, 0.29) is 0 Å². The van der Waals surface area contributed by atoms with Gasteiger partial charge in [0.25, 0.3) is 0 Å². The average molecular weight is 155 g/mol. The molecule has 0 radical (unpaired) electrons. The van der Waals surface area contributed by atoms with E-state index in [2.05, 4.69) is 12.2 Å². The molecule has 2 rings (SSSR count). The minimum Gasteiger partial charge on any atom is -0.311 e. The van der Waals surface area contributed by atoms with E-state index in [4.69, 9.17) is 5.84 Å². The maximum Gasteiger partial charge on any atom is 0.0288 e. The highest BCUT2D eigenvalue weighted by Crippen LogP contribution is 2.48. The lowest BCUT2D eigenvalue weighted by Crippen LogP contribution is -2.56. The summed E-state index contributed by atoms with van der Waals surface area (Å²) in [6.07, 6.45) is 2.75. The fourth-order valence-corrected chi connectivity index (χ4v) is 1.79. The molecule has 1 aliphatic heterocycles. The van der Waals surface area contributed by atoms with Crippen molar-refractivity contribution in [3.05, 3.63) is 0 Å². The molecular formula is C8H17N3. The van der Waals surface area contributed by atoms with Crippen molar-refractivity contribution < 1.29 is 0 Å². The first-order valence-corrected chi connectivity index (χ1v) is 4.44. The second-order valence-corrected chi connectivity index (χ2v) is 4.16. The van der Waals surface area contributed by atoms with Crippen molar-refractivity contribution in [3.8, 4) is 0 Å². The van der Waals surface area contributed by atoms with Crippen molar-refractivity contribution >= 4 is 0 Å². The zero-order chi connectivity index (χ0) is 7.90. The predicted molar refractivity (Wildman–Crippen MR) is 44.9 cm³/mol. The van der Waals surface area contributed by atoms with E-state index in [0.29, 0.717) is 11.5 Å². The lowest BCUT2D eigenvalue weighted by molar-refractivity contribution is 0.165. The molecule has 0 spiro atoms. The van der Waals surface area contributed by atoms with Crippen LogP contribution >= 0.6 is 0 Å². The van der Waals surface area contributed by atoms with Crippen LogP contribution in [0.15, 0.2) is 0 Å². The van der Waals surface area contributed by atoms with Gasteiger partial charge in [0.05, 0.1) is 0 Å². The Labute approximate surface area is 67.9 Å². The molecule has 0 aromatic heterocycles. The fourth-order valence-electron chi connectivity index (χ4n) is 1.79. The van der Waals surface area contributed by atoms with Crippen LogP contribution in [0.25, 0.3) is 0 Å². The second-order valence-electron chi connectivity index (χ2n) is 4.16. The zero-order valence-electron chi connectivity index (χ0n) is 7.14. The third-order valence-electron chi connectivity index (χ3n) is 3.09. The van der Waals surface area contributed by atoms with E-state index in [0.717, 1.165) is 19.6 Å². The minimum atomic E-state index is 0.568. The van der Waals surface area contributed by atoms with E-state index in [1.807, 2.05) is 5.01 Å². The summed E-state index contributed by atoms with van der Waals surface area (Å²) >= 11 is 0. The van der Waals surface area contributed by atoms with Crippen molar-refractivity contribution in [2.24, 2.45) is 11.3 Å². The molecule has 11 heavy (non-hydrogen) atoms. The first-order valence-electron chi connectivity index (χ1n) is 4.44. The molecule has 3 N–H and O–H groups in total. The summed E-state index contributed by atoms with van der Waals surface area (Å²) in [4.78, 5) is 0. The van der Waals surface area contributed by atoms with Crippen LogP contribution in [0, 0.1) is 5.41 Å². The number of hydrogen-bond donors (Lipinski definition) is 2. The van der Waals surface area contributed by atoms with Crippen LogP contribution < -0.4 is 11.2 Å². The molecule has 0 bridgehead atoms. The molecule has 1 saturated heterocycles. The summed E-state index contributed by atoms with van der Waals surface area (Å²) in [6, 6.07) is 0.640. The molecule has 1 unspecified atom stereocenters. The molecule has 1 saturated carbocycles. The lowest BCUT2D eigenvalue weighted by Gasteiger charge is -2.34. The van der Waals surface area contributed by atoms with Gasteiger partial charge in [0.2, 0.25) is 0 Å². The van der Waals surface area contributed by atoms with E-state index < -0.39 is 0 Å². The molecule has 0 aromatic rings. The molecule has 0 amide bonds. The van der Waals surface area contributed by atoms with Crippen LogP contribution in [0.2, 0.25) is 0 Å². The monoisotopic (exact) mass is 155 g/mol. The standard InChI is InChI=1S/C8H17N3/c1-8(2-3-8)7-6-11(9)5-4-10-7/h7,10H,2-6,9H2,1H3. The Morgan fingerprint density at radius 2 is 2.27 bits per heavy atom. The van der Waals surface area contributed by atoms with Crippen molar-refractivity contribution in [1.82, 2.24) is 10.3 Å². The van der Waals surface area contributed by atoms with Crippen molar-refractivity contribution in [3.63, 3.8) is 0 Å². The summed E-state index contributed by atoms with van der Waals surface area (Å²) in [7, 11) is 0. The molecule has 1 atom stereocenters. The van der Waals surface area contributed by atoms with E-state index in [9.17, 15) is 0 Å². The third-order valence-corrected chi connectivity index (χ3v) is 3.09. The van der Waals surface area contributed by atoms with Gasteiger partial charge >= 0.3 is 0 Å². The molecule has 64 valence electrons. The van der Waals surface area contributed by atoms with Gasteiger partial charge in [0.1, 0.15) is 0 Å². The molecular weight excluding hydrogens is 138 g/mol. The maximum atomic E-state index is 5.74. The van der Waals surface area contributed by atoms with Crippen LogP contribution in [0.1, 0.15) is 19.8 Å². The van der Waals surface area contributed by atoms with Crippen LogP contribution in [0.3, 0.4) is 0 Å². The molecule has 3 nitrogen and oxygen atoms in total. The third kappa shape index (κ3) is 1.41. The predicted octanol–water partition coefficient (Wildman–Crippen LogP) is -0.0660. The summed E-state index contributed by atoms with van der Waals surface area (Å²) in [5, 5.41) is 5.47. The van der Waals surface area contributed by atoms with E-state index in [1.54, 1.807) is 0 Å². The van der Waals surface area contributed by atoms with E-state index >= 15 is 0 Å². The summed E-state index contributed by atoms with van der Waals surface area (Å²) in [6.45, 7) is 5.42. The highest BCUT2D eigenvalue weighted by molar-refractivity contribution is 5.00. The van der Waals surface area contributed by atoms with Crippen molar-refractivity contribution in [2.75, 3.05) is 19.6 Å². The number of rotatable bonds is 1. The van der Waals surface area contributed by atoms with Crippen molar-refractivity contribution in [2.45, 2.75) is 25.8 Å². The molecule has 2 aliphatic rings. The molecule has 1 heterocycles. The number of hydrazine groups is 1. The molecule has 3 heteroatoms. The smallest absolute Gasteiger partial charge is 0.0288 e. The molecule has 2 fully saturated rings. The summed E-state index contributed by atoms with van der Waals surface area (Å²) < 4.78 is 0. The Morgan fingerprint density at radius 1 is 1.55 bits per heavy atom. The van der Waals surface area contributed by atoms with Gasteiger partial charge in [-0.3, -0.25) is 5.84 Å². The SMILES string of the molecule is CC1(C2CN(N)CCN2)CC1. The van der Waals surface area contributed by atoms with Gasteiger partial charge < -0.3 is 5.32 Å². The van der Waals surface area contributed by atoms with Crippen LogP contribution in [0.5, 0.6) is 0 Å². The quantitative estimate of drug-likeness (QED) is 0.521. The van der Waals surface area contributed by atoms with E-state index in [1.165, 1.54) is 12.8 Å². The first-order chi connectivity index (χ1) is 5.21. The van der Waals surface area contributed by atoms with Crippen molar-refractivity contribution in [1.29, 1.82) is 0 Å². The van der Waals surface area contributed by atoms with Gasteiger partial charge in [-0.15, -0.1) is 0 Å². The highest BCUT2D eigenvalue weighted by Gasteiger charge is 2.45. The van der Waals surface area contributed by atoms with Crippen LogP contribution in [0.4, 0.5) is 0 Å². The Hall–Kier alpha value is -0.120. The topological polar surface area (TPSA) is 41.3 Å². The Balaban J connectivity index is 1.93. The highest BCUT2D eigenvalue weighted by atomic mass is 15.4. The first kappa shape index (κ1) is 7.53. The lowest BCUT2D eigenvalue weighted by atomic mass is 9.97. The molecule has 0 aromatic carbocycles. The largest absolute Gasteiger partial charge is 0.311 e. The Kier molecular flexibility index (Phi) is 1.67. The van der Waals surface area contributed by atoms with Gasteiger partial charge in [0, 0.05) is 25.7 Å². The second kappa shape index (κ2) is 2.44. The zero-order valence-corrected chi connectivity index (χ0v) is 7.14. The number of piperazine rings is 1. The van der Waals surface area contributed by atoms with Gasteiger partial charge in [-0.25, -0.2) is 5.01 Å². The normalized spacial score (nSPS) is 37.1. The number of hydrogen-bond acceptors (Lipinski definition) is 3. The van der Waals surface area contributed by atoms with Crippen LogP contribution in [-0.2, 0) is 0 Å². The van der Waals surface area contributed by atoms with Gasteiger partial charge in [0.15, 0.2) is 0 Å². The Bertz CT molecular complexity index is 153. The maximum absolute atomic E-state index is 5.74.